The van der Waals surface area contributed by atoms with Crippen molar-refractivity contribution in [2.45, 2.75) is 0 Å². The van der Waals surface area contributed by atoms with Crippen LogP contribution in [-0.2, 0) is 9.53 Å². The summed E-state index contributed by atoms with van der Waals surface area (Å²) in [7, 11) is 1.56. The molecule has 0 bridgehead atoms. The van der Waals surface area contributed by atoms with Crippen LogP contribution in [0.3, 0.4) is 0 Å². The third-order valence-electron chi connectivity index (χ3n) is 2.68. The fraction of sp³-hybridized carbons (Fsp3) is 0.125. The molecule has 0 unspecified atom stereocenters. The Morgan fingerprint density at radius 2 is 2.00 bits per heavy atom. The first-order valence-electron chi connectivity index (χ1n) is 6.25. The first-order valence-corrected chi connectivity index (χ1v) is 7.13. The maximum Gasteiger partial charge on any atom is 0.331 e. The average molecular weight is 302 g/mol. The van der Waals surface area contributed by atoms with E-state index in [9.17, 15) is 9.59 Å². The molecule has 0 saturated heterocycles. The molecule has 4 nitrogen and oxygen atoms in total. The molecule has 0 amide bonds. The van der Waals surface area contributed by atoms with E-state index in [1.165, 1.54) is 17.4 Å². The van der Waals surface area contributed by atoms with Crippen LogP contribution in [0, 0.1) is 0 Å². The molecule has 0 aliphatic heterocycles. The molecule has 0 spiro atoms. The van der Waals surface area contributed by atoms with Crippen molar-refractivity contribution in [2.24, 2.45) is 0 Å². The van der Waals surface area contributed by atoms with E-state index in [0.29, 0.717) is 10.6 Å². The van der Waals surface area contributed by atoms with Crippen LogP contribution < -0.4 is 4.74 Å². The van der Waals surface area contributed by atoms with E-state index in [0.717, 1.165) is 5.56 Å². The van der Waals surface area contributed by atoms with Crippen LogP contribution in [0.4, 0.5) is 0 Å². The second-order valence-corrected chi connectivity index (χ2v) is 5.03. The van der Waals surface area contributed by atoms with Crippen LogP contribution >= 0.6 is 11.3 Å². The van der Waals surface area contributed by atoms with Gasteiger partial charge in [0, 0.05) is 11.6 Å². The van der Waals surface area contributed by atoms with Gasteiger partial charge in [0.05, 0.1) is 12.0 Å². The Morgan fingerprint density at radius 3 is 2.71 bits per heavy atom. The quantitative estimate of drug-likeness (QED) is 0.467. The van der Waals surface area contributed by atoms with Gasteiger partial charge < -0.3 is 9.47 Å². The number of carbonyl (C=O) groups is 2. The van der Waals surface area contributed by atoms with Gasteiger partial charge in [-0.1, -0.05) is 24.3 Å². The number of esters is 1. The molecular weight excluding hydrogens is 288 g/mol. The number of benzene rings is 1. The molecule has 0 aliphatic carbocycles. The highest BCUT2D eigenvalue weighted by atomic mass is 32.1. The summed E-state index contributed by atoms with van der Waals surface area (Å²) in [4.78, 5) is 23.8. The minimum absolute atomic E-state index is 0.205. The largest absolute Gasteiger partial charge is 0.496 e. The van der Waals surface area contributed by atoms with Crippen molar-refractivity contribution in [1.82, 2.24) is 0 Å². The van der Waals surface area contributed by atoms with Gasteiger partial charge in [-0.25, -0.2) is 4.79 Å². The zero-order valence-corrected chi connectivity index (χ0v) is 12.3. The highest BCUT2D eigenvalue weighted by Gasteiger charge is 2.09. The predicted molar refractivity (Wildman–Crippen MR) is 81.6 cm³/mol. The summed E-state index contributed by atoms with van der Waals surface area (Å²) >= 11 is 1.32. The monoisotopic (exact) mass is 302 g/mol. The molecule has 108 valence electrons. The van der Waals surface area contributed by atoms with Gasteiger partial charge in [-0.3, -0.25) is 4.79 Å². The van der Waals surface area contributed by atoms with Crippen LogP contribution in [0.25, 0.3) is 6.08 Å². The van der Waals surface area contributed by atoms with Gasteiger partial charge >= 0.3 is 5.97 Å². The van der Waals surface area contributed by atoms with Crippen molar-refractivity contribution >= 4 is 29.2 Å². The molecule has 21 heavy (non-hydrogen) atoms. The number of rotatable bonds is 6. The highest BCUT2D eigenvalue weighted by Crippen LogP contribution is 2.18. The SMILES string of the molecule is COc1ccccc1/C=C/C(=O)OCC(=O)c1cccs1. The molecule has 1 aromatic carbocycles. The topological polar surface area (TPSA) is 52.6 Å². The summed E-state index contributed by atoms with van der Waals surface area (Å²) in [5.74, 6) is -0.105. The van der Waals surface area contributed by atoms with E-state index < -0.39 is 5.97 Å². The zero-order chi connectivity index (χ0) is 15.1. The second kappa shape index (κ2) is 7.40. The van der Waals surface area contributed by atoms with Gasteiger partial charge in [0.1, 0.15) is 5.75 Å². The number of ketones is 1. The number of methoxy groups -OCH3 is 1. The molecule has 0 saturated carbocycles. The number of thiophene rings is 1. The molecule has 0 N–H and O–H groups in total. The van der Waals surface area contributed by atoms with Gasteiger partial charge in [0.25, 0.3) is 0 Å². The minimum Gasteiger partial charge on any atom is -0.496 e. The van der Waals surface area contributed by atoms with Crippen molar-refractivity contribution in [3.05, 3.63) is 58.3 Å². The van der Waals surface area contributed by atoms with E-state index >= 15 is 0 Å². The third kappa shape index (κ3) is 4.29. The predicted octanol–water partition coefficient (Wildman–Crippen LogP) is 3.20. The zero-order valence-electron chi connectivity index (χ0n) is 11.4. The maximum absolute atomic E-state index is 11.7. The maximum atomic E-state index is 11.7. The van der Waals surface area contributed by atoms with Crippen molar-refractivity contribution in [2.75, 3.05) is 13.7 Å². The summed E-state index contributed by atoms with van der Waals surface area (Å²) in [6.07, 6.45) is 2.87. The lowest BCUT2D eigenvalue weighted by atomic mass is 10.2. The Morgan fingerprint density at radius 1 is 1.19 bits per heavy atom. The van der Waals surface area contributed by atoms with Crippen molar-refractivity contribution in [3.63, 3.8) is 0 Å². The second-order valence-electron chi connectivity index (χ2n) is 4.08. The molecule has 2 rings (SSSR count). The van der Waals surface area contributed by atoms with Crippen molar-refractivity contribution in [3.8, 4) is 5.75 Å². The number of carbonyl (C=O) groups excluding carboxylic acids is 2. The normalized spacial score (nSPS) is 10.5. The highest BCUT2D eigenvalue weighted by molar-refractivity contribution is 7.12. The van der Waals surface area contributed by atoms with Crippen molar-refractivity contribution in [1.29, 1.82) is 0 Å². The van der Waals surface area contributed by atoms with Crippen LogP contribution in [-0.4, -0.2) is 25.5 Å². The number of hydrogen-bond donors (Lipinski definition) is 0. The van der Waals surface area contributed by atoms with E-state index in [1.54, 1.807) is 36.8 Å². The molecular formula is C16H14O4S. The lowest BCUT2D eigenvalue weighted by Gasteiger charge is -2.03. The fourth-order valence-corrected chi connectivity index (χ4v) is 2.31. The van der Waals surface area contributed by atoms with Gasteiger partial charge in [-0.05, 0) is 23.6 Å². The number of Topliss-reactive ketones (excluding diaryl/α,β-unsaturated/α-hetero) is 1. The van der Waals surface area contributed by atoms with Crippen LogP contribution in [0.2, 0.25) is 0 Å². The Balaban J connectivity index is 1.90. The Hall–Kier alpha value is -2.40. The molecule has 0 radical (unpaired) electrons. The van der Waals surface area contributed by atoms with Gasteiger partial charge in [0.2, 0.25) is 5.78 Å². The van der Waals surface area contributed by atoms with E-state index in [1.807, 2.05) is 18.2 Å². The summed E-state index contributed by atoms with van der Waals surface area (Å²) in [5.41, 5.74) is 0.765. The molecule has 1 aromatic heterocycles. The summed E-state index contributed by atoms with van der Waals surface area (Å²) < 4.78 is 10.1. The number of para-hydroxylation sites is 1. The number of hydrogen-bond acceptors (Lipinski definition) is 5. The Labute approximate surface area is 126 Å². The van der Waals surface area contributed by atoms with Gasteiger partial charge in [0.15, 0.2) is 6.61 Å². The lowest BCUT2D eigenvalue weighted by molar-refractivity contribution is -0.136. The Kier molecular flexibility index (Phi) is 5.29. The lowest BCUT2D eigenvalue weighted by Crippen LogP contribution is -2.11. The standard InChI is InChI=1S/C16H14O4S/c1-19-14-6-3-2-5-12(14)8-9-16(18)20-11-13(17)15-7-4-10-21-15/h2-10H,11H2,1H3/b9-8+. The van der Waals surface area contributed by atoms with Crippen LogP contribution in [0.15, 0.2) is 47.9 Å². The fourth-order valence-electron chi connectivity index (χ4n) is 1.66. The molecule has 0 fully saturated rings. The van der Waals surface area contributed by atoms with Gasteiger partial charge in [-0.2, -0.15) is 0 Å². The first-order chi connectivity index (χ1) is 10.2. The minimum atomic E-state index is -0.564. The van der Waals surface area contributed by atoms with Crippen molar-refractivity contribution < 1.29 is 19.1 Å². The Bertz CT molecular complexity index is 644. The summed E-state index contributed by atoms with van der Waals surface area (Å²) in [6.45, 7) is -0.254. The first kappa shape index (κ1) is 15.0. The van der Waals surface area contributed by atoms with E-state index in [2.05, 4.69) is 0 Å². The molecule has 5 heteroatoms. The average Bonchev–Trinajstić information content (AvgIpc) is 3.05. The molecule has 1 heterocycles. The molecule has 0 atom stereocenters. The summed E-state index contributed by atoms with van der Waals surface area (Å²) in [6, 6.07) is 10.8. The van der Waals surface area contributed by atoms with Gasteiger partial charge in [-0.15, -0.1) is 11.3 Å². The summed E-state index contributed by atoms with van der Waals surface area (Å²) in [5, 5.41) is 1.80. The van der Waals surface area contributed by atoms with E-state index in [4.69, 9.17) is 9.47 Å². The number of ether oxygens (including phenoxy) is 2. The smallest absolute Gasteiger partial charge is 0.331 e. The molecule has 0 aliphatic rings. The van der Waals surface area contributed by atoms with Crippen LogP contribution in [0.5, 0.6) is 5.75 Å². The third-order valence-corrected chi connectivity index (χ3v) is 3.59. The molecule has 2 aromatic rings. The van der Waals surface area contributed by atoms with Crippen LogP contribution in [0.1, 0.15) is 15.2 Å². The van der Waals surface area contributed by atoms with E-state index in [-0.39, 0.29) is 12.4 Å².